The Hall–Kier alpha value is -1.56. The maximum Gasteiger partial charge on any atom is 0.215 e. The summed E-state index contributed by atoms with van der Waals surface area (Å²) in [6, 6.07) is 0. The number of nitrogens with zero attached hydrogens (tertiary/aromatic N) is 3. The van der Waals surface area contributed by atoms with Crippen molar-refractivity contribution in [1.82, 2.24) is 14.7 Å². The molecule has 1 fully saturated rings. The van der Waals surface area contributed by atoms with Crippen LogP contribution in [0, 0.1) is 5.41 Å². The highest BCUT2D eigenvalue weighted by Crippen LogP contribution is 2.34. The third-order valence-corrected chi connectivity index (χ3v) is 4.73. The van der Waals surface area contributed by atoms with Gasteiger partial charge >= 0.3 is 0 Å². The predicted molar refractivity (Wildman–Crippen MR) is 85.1 cm³/mol. The van der Waals surface area contributed by atoms with Gasteiger partial charge in [0.25, 0.3) is 0 Å². The van der Waals surface area contributed by atoms with Crippen molar-refractivity contribution in [3.8, 4) is 0 Å². The Labute approximate surface area is 126 Å². The molecule has 0 spiro atoms. The van der Waals surface area contributed by atoms with E-state index in [2.05, 4.69) is 17.1 Å². The minimum Gasteiger partial charge on any atom is -0.370 e. The highest BCUT2D eigenvalue weighted by molar-refractivity contribution is 5.81. The fraction of sp³-hybridized carbons (Fsp3) is 0.733. The third-order valence-electron chi connectivity index (χ3n) is 4.73. The summed E-state index contributed by atoms with van der Waals surface area (Å²) in [5.74, 6) is 1.45. The molecule has 2 aliphatic heterocycles. The number of aromatic nitrogens is 2. The second-order valence-corrected chi connectivity index (χ2v) is 6.13. The van der Waals surface area contributed by atoms with Crippen molar-refractivity contribution < 1.29 is 0 Å². The van der Waals surface area contributed by atoms with E-state index in [9.17, 15) is 0 Å². The van der Waals surface area contributed by atoms with E-state index < -0.39 is 0 Å². The Balaban J connectivity index is 1.96. The lowest BCUT2D eigenvalue weighted by atomic mass is 9.91. The number of fused-ring (bicyclic) bond motifs is 1. The van der Waals surface area contributed by atoms with Crippen molar-refractivity contribution in [3.05, 3.63) is 11.3 Å². The number of anilines is 1. The lowest BCUT2D eigenvalue weighted by molar-refractivity contribution is 0.215. The Morgan fingerprint density at radius 1 is 1.43 bits per heavy atom. The topological polar surface area (TPSA) is 83.0 Å². The number of nitrogen functional groups attached to an aromatic ring is 1. The van der Waals surface area contributed by atoms with Gasteiger partial charge in [0.2, 0.25) is 5.96 Å². The summed E-state index contributed by atoms with van der Waals surface area (Å²) in [6.45, 7) is 6.54. The predicted octanol–water partition coefficient (Wildman–Crippen LogP) is 1.57. The normalized spacial score (nSPS) is 23.2. The minimum absolute atomic E-state index is 0.00931. The van der Waals surface area contributed by atoms with Crippen LogP contribution in [0.2, 0.25) is 0 Å². The van der Waals surface area contributed by atoms with Crippen molar-refractivity contribution in [3.63, 3.8) is 0 Å². The molecule has 4 N–H and O–H groups in total. The quantitative estimate of drug-likeness (QED) is 0.570. The maximum absolute atomic E-state index is 7.78. The van der Waals surface area contributed by atoms with Crippen LogP contribution in [0.3, 0.4) is 0 Å². The second kappa shape index (κ2) is 6.05. The number of nitrogens with one attached hydrogen (secondary N) is 2. The van der Waals surface area contributed by atoms with E-state index in [1.807, 2.05) is 0 Å². The molecule has 1 aromatic heterocycles. The van der Waals surface area contributed by atoms with Gasteiger partial charge in [-0.1, -0.05) is 6.92 Å². The van der Waals surface area contributed by atoms with E-state index in [-0.39, 0.29) is 5.96 Å². The summed E-state index contributed by atoms with van der Waals surface area (Å²) in [7, 11) is 0. The lowest BCUT2D eigenvalue weighted by Gasteiger charge is -2.31. The maximum atomic E-state index is 7.78. The zero-order valence-electron chi connectivity index (χ0n) is 12.9. The van der Waals surface area contributed by atoms with Gasteiger partial charge in [0.05, 0.1) is 5.69 Å². The first-order valence-electron chi connectivity index (χ1n) is 8.13. The monoisotopic (exact) mass is 290 g/mol. The third kappa shape index (κ3) is 2.77. The Morgan fingerprint density at radius 2 is 2.29 bits per heavy atom. The molecule has 3 rings (SSSR count). The average Bonchev–Trinajstić information content (AvgIpc) is 2.69. The van der Waals surface area contributed by atoms with E-state index in [4.69, 9.17) is 16.2 Å². The summed E-state index contributed by atoms with van der Waals surface area (Å²) in [6.07, 6.45) is 5.82. The van der Waals surface area contributed by atoms with Crippen molar-refractivity contribution >= 4 is 11.8 Å². The largest absolute Gasteiger partial charge is 0.370 e. The fourth-order valence-corrected chi connectivity index (χ4v) is 3.60. The molecule has 3 heterocycles. The molecule has 1 aromatic rings. The van der Waals surface area contributed by atoms with Gasteiger partial charge in [0.15, 0.2) is 0 Å². The first-order chi connectivity index (χ1) is 10.2. The number of piperidine rings is 1. The molecule has 1 unspecified atom stereocenters. The molecule has 21 heavy (non-hydrogen) atoms. The van der Waals surface area contributed by atoms with E-state index in [0.29, 0.717) is 5.92 Å². The average molecular weight is 290 g/mol. The zero-order chi connectivity index (χ0) is 14.8. The number of likely N-dealkylation sites (N-methyl/N-ethyl adjacent to an activating group) is 1. The van der Waals surface area contributed by atoms with E-state index in [1.54, 1.807) is 4.68 Å². The van der Waals surface area contributed by atoms with Crippen LogP contribution >= 0.6 is 0 Å². The minimum atomic E-state index is 0.00931. The first kappa shape index (κ1) is 14.4. The summed E-state index contributed by atoms with van der Waals surface area (Å²) in [5, 5.41) is 15.9. The number of hydrogen-bond acceptors (Lipinski definition) is 4. The Kier molecular flexibility index (Phi) is 4.14. The van der Waals surface area contributed by atoms with Crippen LogP contribution in [0.5, 0.6) is 0 Å². The number of rotatable bonds is 2. The number of hydrogen-bond donors (Lipinski definition) is 3. The van der Waals surface area contributed by atoms with Crippen molar-refractivity contribution in [2.45, 2.75) is 44.9 Å². The smallest absolute Gasteiger partial charge is 0.215 e. The molecule has 6 nitrogen and oxygen atoms in total. The van der Waals surface area contributed by atoms with Crippen LogP contribution in [0.4, 0.5) is 5.82 Å². The van der Waals surface area contributed by atoms with Gasteiger partial charge < -0.3 is 16.0 Å². The Morgan fingerprint density at radius 3 is 3.05 bits per heavy atom. The fourth-order valence-electron chi connectivity index (χ4n) is 3.60. The zero-order valence-corrected chi connectivity index (χ0v) is 12.9. The first-order valence-corrected chi connectivity index (χ1v) is 8.13. The summed E-state index contributed by atoms with van der Waals surface area (Å²) >= 11 is 0. The molecule has 2 aliphatic rings. The summed E-state index contributed by atoms with van der Waals surface area (Å²) in [5.41, 5.74) is 8.19. The van der Waals surface area contributed by atoms with Gasteiger partial charge in [-0.3, -0.25) is 5.41 Å². The van der Waals surface area contributed by atoms with Crippen LogP contribution in [0.25, 0.3) is 0 Å². The molecule has 0 saturated carbocycles. The summed E-state index contributed by atoms with van der Waals surface area (Å²) < 4.78 is 1.60. The van der Waals surface area contributed by atoms with Gasteiger partial charge in [-0.15, -0.1) is 0 Å². The van der Waals surface area contributed by atoms with Crippen LogP contribution in [0.15, 0.2) is 0 Å². The number of likely N-dealkylation sites (tertiary alicyclic amines) is 1. The second-order valence-electron chi connectivity index (χ2n) is 6.13. The molecule has 116 valence electrons. The van der Waals surface area contributed by atoms with Crippen LogP contribution in [-0.2, 0) is 6.42 Å². The van der Waals surface area contributed by atoms with Crippen molar-refractivity contribution in [2.75, 3.05) is 31.5 Å². The molecular weight excluding hydrogens is 264 g/mol. The highest BCUT2D eigenvalue weighted by Gasteiger charge is 2.29. The standard InChI is InChI=1S/C15H26N6/c1-2-20-9-5-6-11(10-20)13-12-7-3-4-8-18-14(12)21(19-13)15(16)17/h11,18H,2-10H2,1H3,(H3,16,17). The highest BCUT2D eigenvalue weighted by atomic mass is 15.4. The SMILES string of the molecule is CCN1CCCC(c2nn(C(=N)N)c3c2CCCCN3)C1. The molecule has 1 atom stereocenters. The van der Waals surface area contributed by atoms with Gasteiger partial charge in [0.1, 0.15) is 5.82 Å². The van der Waals surface area contributed by atoms with Crippen LogP contribution in [0.1, 0.15) is 49.8 Å². The molecule has 0 aromatic carbocycles. The van der Waals surface area contributed by atoms with Gasteiger partial charge in [-0.05, 0) is 45.2 Å². The molecular formula is C15H26N6. The van der Waals surface area contributed by atoms with E-state index in [0.717, 1.165) is 38.3 Å². The molecule has 6 heteroatoms. The molecule has 0 aliphatic carbocycles. The molecule has 0 radical (unpaired) electrons. The molecule has 0 amide bonds. The molecule has 1 saturated heterocycles. The van der Waals surface area contributed by atoms with Crippen molar-refractivity contribution in [2.24, 2.45) is 5.73 Å². The Bertz CT molecular complexity index is 520. The van der Waals surface area contributed by atoms with Gasteiger partial charge in [-0.2, -0.15) is 9.78 Å². The van der Waals surface area contributed by atoms with Gasteiger partial charge in [-0.25, -0.2) is 0 Å². The van der Waals surface area contributed by atoms with E-state index in [1.165, 1.54) is 37.1 Å². The molecule has 0 bridgehead atoms. The van der Waals surface area contributed by atoms with Gasteiger partial charge in [0, 0.05) is 24.6 Å². The van der Waals surface area contributed by atoms with Crippen LogP contribution in [-0.4, -0.2) is 46.8 Å². The lowest BCUT2D eigenvalue weighted by Crippen LogP contribution is -2.34. The van der Waals surface area contributed by atoms with E-state index >= 15 is 0 Å². The summed E-state index contributed by atoms with van der Waals surface area (Å²) in [4.78, 5) is 2.50. The number of nitrogens with two attached hydrogens (primary N) is 1. The van der Waals surface area contributed by atoms with Crippen molar-refractivity contribution in [1.29, 1.82) is 5.41 Å². The van der Waals surface area contributed by atoms with Crippen LogP contribution < -0.4 is 11.1 Å².